The maximum Gasteiger partial charge on any atom is 0.194 e. The molecule has 6 nitrogen and oxygen atoms in total. The highest BCUT2D eigenvalue weighted by Crippen LogP contribution is 2.18. The molecule has 1 N–H and O–H groups in total. The second-order valence-electron chi connectivity index (χ2n) is 6.94. The molecule has 7 heteroatoms. The summed E-state index contributed by atoms with van der Waals surface area (Å²) in [5, 5.41) is 3.47. The highest BCUT2D eigenvalue weighted by Gasteiger charge is 2.13. The Morgan fingerprint density at radius 3 is 2.70 bits per heavy atom. The minimum absolute atomic E-state index is 0. The molecule has 2 aromatic rings. The van der Waals surface area contributed by atoms with Gasteiger partial charge in [0.1, 0.15) is 5.82 Å². The molecule has 0 spiro atoms. The Morgan fingerprint density at radius 2 is 2.04 bits per heavy atom. The average molecular weight is 482 g/mol. The van der Waals surface area contributed by atoms with Crippen molar-refractivity contribution in [3.8, 4) is 0 Å². The van der Waals surface area contributed by atoms with Crippen LogP contribution in [0.2, 0.25) is 0 Å². The maximum atomic E-state index is 4.56. The van der Waals surface area contributed by atoms with Gasteiger partial charge >= 0.3 is 0 Å². The first-order valence-corrected chi connectivity index (χ1v) is 9.39. The number of aromatic nitrogens is 2. The molecule has 3 heterocycles. The SMILES string of the molecule is CN=C(NCc1ccnc(N2CCCCC2)c1)N(C)Cc1cccn1C.I. The summed E-state index contributed by atoms with van der Waals surface area (Å²) in [6, 6.07) is 8.48. The number of pyridine rings is 1. The fourth-order valence-electron chi connectivity index (χ4n) is 3.41. The number of piperidine rings is 1. The van der Waals surface area contributed by atoms with Gasteiger partial charge in [-0.25, -0.2) is 4.98 Å². The van der Waals surface area contributed by atoms with Crippen molar-refractivity contribution in [2.45, 2.75) is 32.4 Å². The first-order chi connectivity index (χ1) is 12.7. The summed E-state index contributed by atoms with van der Waals surface area (Å²) in [5.74, 6) is 1.98. The second kappa shape index (κ2) is 10.5. The quantitative estimate of drug-likeness (QED) is 0.404. The summed E-state index contributed by atoms with van der Waals surface area (Å²) >= 11 is 0. The Labute approximate surface area is 179 Å². The third kappa shape index (κ3) is 5.85. The molecule has 1 aliphatic rings. The van der Waals surface area contributed by atoms with Crippen LogP contribution in [0.25, 0.3) is 0 Å². The van der Waals surface area contributed by atoms with Gasteiger partial charge in [0.15, 0.2) is 5.96 Å². The van der Waals surface area contributed by atoms with E-state index in [4.69, 9.17) is 0 Å². The van der Waals surface area contributed by atoms with Gasteiger partial charge in [0.05, 0.1) is 6.54 Å². The number of halogens is 1. The fraction of sp³-hybridized carbons (Fsp3) is 0.500. The molecule has 1 fully saturated rings. The fourth-order valence-corrected chi connectivity index (χ4v) is 3.41. The van der Waals surface area contributed by atoms with Crippen molar-refractivity contribution in [3.63, 3.8) is 0 Å². The minimum atomic E-state index is 0. The summed E-state index contributed by atoms with van der Waals surface area (Å²) in [7, 11) is 5.96. The van der Waals surface area contributed by atoms with Crippen molar-refractivity contribution in [1.82, 2.24) is 19.8 Å². The zero-order valence-electron chi connectivity index (χ0n) is 16.6. The molecular formula is C20H31IN6. The highest BCUT2D eigenvalue weighted by molar-refractivity contribution is 14.0. The number of nitrogens with zero attached hydrogens (tertiary/aromatic N) is 5. The lowest BCUT2D eigenvalue weighted by atomic mass is 10.1. The van der Waals surface area contributed by atoms with Crippen LogP contribution in [0.1, 0.15) is 30.5 Å². The number of anilines is 1. The molecule has 148 valence electrons. The molecule has 27 heavy (non-hydrogen) atoms. The van der Waals surface area contributed by atoms with Crippen molar-refractivity contribution in [1.29, 1.82) is 0 Å². The van der Waals surface area contributed by atoms with Gasteiger partial charge < -0.3 is 19.7 Å². The maximum absolute atomic E-state index is 4.56. The predicted octanol–water partition coefficient (Wildman–Crippen LogP) is 3.24. The third-order valence-corrected chi connectivity index (χ3v) is 4.96. The average Bonchev–Trinajstić information content (AvgIpc) is 3.08. The summed E-state index contributed by atoms with van der Waals surface area (Å²) in [5.41, 5.74) is 2.49. The first kappa shape index (κ1) is 21.5. The predicted molar refractivity (Wildman–Crippen MR) is 123 cm³/mol. The largest absolute Gasteiger partial charge is 0.357 e. The van der Waals surface area contributed by atoms with Gasteiger partial charge in [0.25, 0.3) is 0 Å². The molecule has 0 bridgehead atoms. The molecule has 0 saturated carbocycles. The van der Waals surface area contributed by atoms with Gasteiger partial charge in [0, 0.05) is 58.9 Å². The summed E-state index contributed by atoms with van der Waals surface area (Å²) in [4.78, 5) is 13.5. The van der Waals surface area contributed by atoms with E-state index in [2.05, 4.69) is 74.2 Å². The third-order valence-electron chi connectivity index (χ3n) is 4.96. The molecule has 2 aromatic heterocycles. The lowest BCUT2D eigenvalue weighted by Gasteiger charge is -2.28. The van der Waals surface area contributed by atoms with Crippen molar-refractivity contribution >= 4 is 35.8 Å². The Balaban J connectivity index is 0.00000261. The van der Waals surface area contributed by atoms with Crippen LogP contribution < -0.4 is 10.2 Å². The smallest absolute Gasteiger partial charge is 0.194 e. The van der Waals surface area contributed by atoms with E-state index >= 15 is 0 Å². The molecule has 3 rings (SSSR count). The van der Waals surface area contributed by atoms with E-state index in [1.54, 1.807) is 0 Å². The van der Waals surface area contributed by atoms with E-state index in [1.165, 1.54) is 30.5 Å². The Hall–Kier alpha value is -1.77. The normalized spacial score (nSPS) is 14.6. The van der Waals surface area contributed by atoms with Gasteiger partial charge in [-0.3, -0.25) is 4.99 Å². The molecule has 0 amide bonds. The van der Waals surface area contributed by atoms with Gasteiger partial charge in [-0.05, 0) is 49.1 Å². The molecule has 1 saturated heterocycles. The van der Waals surface area contributed by atoms with Crippen LogP contribution in [0, 0.1) is 0 Å². The molecule has 1 aliphatic heterocycles. The van der Waals surface area contributed by atoms with E-state index in [1.807, 2.05) is 13.2 Å². The van der Waals surface area contributed by atoms with Crippen LogP contribution >= 0.6 is 24.0 Å². The van der Waals surface area contributed by atoms with Gasteiger partial charge in [-0.15, -0.1) is 24.0 Å². The topological polar surface area (TPSA) is 48.7 Å². The number of hydrogen-bond donors (Lipinski definition) is 1. The summed E-state index contributed by atoms with van der Waals surface area (Å²) < 4.78 is 2.14. The van der Waals surface area contributed by atoms with Gasteiger partial charge in [0.2, 0.25) is 0 Å². The van der Waals surface area contributed by atoms with Gasteiger partial charge in [-0.1, -0.05) is 0 Å². The molecule has 0 aromatic carbocycles. The van der Waals surface area contributed by atoms with Crippen LogP contribution in [0.3, 0.4) is 0 Å². The van der Waals surface area contributed by atoms with Crippen LogP contribution in [0.15, 0.2) is 41.7 Å². The second-order valence-corrected chi connectivity index (χ2v) is 6.94. The van der Waals surface area contributed by atoms with Crippen molar-refractivity contribution < 1.29 is 0 Å². The number of hydrogen-bond acceptors (Lipinski definition) is 3. The molecule has 0 radical (unpaired) electrons. The van der Waals surface area contributed by atoms with Crippen molar-refractivity contribution in [3.05, 3.63) is 47.9 Å². The zero-order valence-corrected chi connectivity index (χ0v) is 18.9. The Kier molecular flexibility index (Phi) is 8.40. The summed E-state index contributed by atoms with van der Waals surface area (Å²) in [6.07, 6.45) is 7.85. The Bertz CT molecular complexity index is 736. The Morgan fingerprint density at radius 1 is 1.26 bits per heavy atom. The molecule has 0 aliphatic carbocycles. The van der Waals surface area contributed by atoms with Crippen molar-refractivity contribution in [2.75, 3.05) is 32.1 Å². The monoisotopic (exact) mass is 482 g/mol. The van der Waals surface area contributed by atoms with E-state index in [-0.39, 0.29) is 24.0 Å². The van der Waals surface area contributed by atoms with Crippen molar-refractivity contribution in [2.24, 2.45) is 12.0 Å². The number of guanidine groups is 1. The summed E-state index contributed by atoms with van der Waals surface area (Å²) in [6.45, 7) is 3.79. The molecular weight excluding hydrogens is 451 g/mol. The minimum Gasteiger partial charge on any atom is -0.357 e. The van der Waals surface area contributed by atoms with E-state index in [0.717, 1.165) is 38.0 Å². The highest BCUT2D eigenvalue weighted by atomic mass is 127. The van der Waals surface area contributed by atoms with Crippen LogP contribution in [-0.4, -0.2) is 47.6 Å². The lowest BCUT2D eigenvalue weighted by molar-refractivity contribution is 0.461. The van der Waals surface area contributed by atoms with Crippen LogP contribution in [-0.2, 0) is 20.1 Å². The van der Waals surface area contributed by atoms with E-state index < -0.39 is 0 Å². The van der Waals surface area contributed by atoms with Gasteiger partial charge in [-0.2, -0.15) is 0 Å². The standard InChI is InChI=1S/C20H30N6.HI/c1-21-20(25(3)16-18-8-7-11-24(18)2)23-15-17-9-10-22-19(14-17)26-12-5-4-6-13-26;/h7-11,14H,4-6,12-13,15-16H2,1-3H3,(H,21,23);1H. The number of aryl methyl sites for hydroxylation is 1. The number of nitrogens with one attached hydrogen (secondary N) is 1. The van der Waals surface area contributed by atoms with Crippen LogP contribution in [0.4, 0.5) is 5.82 Å². The van der Waals surface area contributed by atoms with E-state index in [9.17, 15) is 0 Å². The number of aliphatic imine (C=N–C) groups is 1. The van der Waals surface area contributed by atoms with Crippen LogP contribution in [0.5, 0.6) is 0 Å². The van der Waals surface area contributed by atoms with E-state index in [0.29, 0.717) is 0 Å². The lowest BCUT2D eigenvalue weighted by Crippen LogP contribution is -2.38. The molecule has 0 atom stereocenters. The number of rotatable bonds is 5. The molecule has 0 unspecified atom stereocenters. The first-order valence-electron chi connectivity index (χ1n) is 9.39. The zero-order chi connectivity index (χ0) is 18.4.